The van der Waals surface area contributed by atoms with Gasteiger partial charge in [-0.25, -0.2) is 27.7 Å². The minimum Gasteiger partial charge on any atom is -0.316 e. The molecule has 0 bridgehead atoms. The second kappa shape index (κ2) is 9.28. The summed E-state index contributed by atoms with van der Waals surface area (Å²) in [7, 11) is -3.18. The van der Waals surface area contributed by atoms with Crippen molar-refractivity contribution >= 4 is 32.3 Å². The van der Waals surface area contributed by atoms with Crippen LogP contribution in [-0.4, -0.2) is 46.0 Å². The third kappa shape index (κ3) is 5.18. The lowest BCUT2D eigenvalue weighted by Crippen LogP contribution is -2.45. The Hall–Kier alpha value is -1.58. The van der Waals surface area contributed by atoms with Crippen LogP contribution in [0.1, 0.15) is 61.3 Å². The molecule has 0 unspecified atom stereocenters. The predicted molar refractivity (Wildman–Crippen MR) is 121 cm³/mol. The number of nitrogens with zero attached hydrogens (tertiary/aromatic N) is 4. The number of thiazole rings is 1. The van der Waals surface area contributed by atoms with Gasteiger partial charge in [0.05, 0.1) is 5.25 Å². The van der Waals surface area contributed by atoms with Crippen LogP contribution in [0.25, 0.3) is 0 Å². The van der Waals surface area contributed by atoms with Crippen LogP contribution in [0.5, 0.6) is 0 Å². The van der Waals surface area contributed by atoms with E-state index in [-0.39, 0.29) is 5.25 Å². The lowest BCUT2D eigenvalue weighted by atomic mass is 9.94. The highest BCUT2D eigenvalue weighted by molar-refractivity contribution is 7.89. The molecule has 2 aliphatic rings. The smallest absolute Gasteiger partial charge is 0.216 e. The van der Waals surface area contributed by atoms with Crippen LogP contribution in [0, 0.1) is 19.8 Å². The highest BCUT2D eigenvalue weighted by Gasteiger charge is 2.35. The summed E-state index contributed by atoms with van der Waals surface area (Å²) in [6.45, 7) is 5.18. The van der Waals surface area contributed by atoms with Gasteiger partial charge in [0.15, 0.2) is 5.13 Å². The Kier molecular flexibility index (Phi) is 6.69. The van der Waals surface area contributed by atoms with E-state index < -0.39 is 10.0 Å². The van der Waals surface area contributed by atoms with E-state index >= 15 is 0 Å². The molecule has 4 rings (SSSR count). The van der Waals surface area contributed by atoms with E-state index in [4.69, 9.17) is 0 Å². The van der Waals surface area contributed by atoms with Gasteiger partial charge >= 0.3 is 0 Å². The Bertz CT molecular complexity index is 970. The van der Waals surface area contributed by atoms with Crippen molar-refractivity contribution in [2.45, 2.75) is 70.5 Å². The first-order valence-corrected chi connectivity index (χ1v) is 13.2. The van der Waals surface area contributed by atoms with Gasteiger partial charge in [-0.3, -0.25) is 0 Å². The second-order valence-corrected chi connectivity index (χ2v) is 12.0. The maximum absolute atomic E-state index is 13.1. The van der Waals surface area contributed by atoms with Gasteiger partial charge in [-0.1, -0.05) is 19.3 Å². The van der Waals surface area contributed by atoms with Crippen LogP contribution in [0.2, 0.25) is 0 Å². The minimum atomic E-state index is -3.18. The van der Waals surface area contributed by atoms with Crippen LogP contribution in [0.4, 0.5) is 10.9 Å². The van der Waals surface area contributed by atoms with E-state index in [0.717, 1.165) is 66.5 Å². The number of aromatic nitrogens is 3. The van der Waals surface area contributed by atoms with E-state index in [9.17, 15) is 8.42 Å². The molecule has 0 radical (unpaired) electrons. The molecule has 9 heteroatoms. The molecular formula is C21H31N5O2S2. The van der Waals surface area contributed by atoms with Crippen LogP contribution >= 0.6 is 11.3 Å². The number of hydrogen-bond acceptors (Lipinski definition) is 7. The number of aryl methyl sites for hydroxylation is 2. The zero-order valence-corrected chi connectivity index (χ0v) is 19.4. The van der Waals surface area contributed by atoms with Crippen molar-refractivity contribution in [2.24, 2.45) is 5.92 Å². The third-order valence-electron chi connectivity index (χ3n) is 6.06. The van der Waals surface area contributed by atoms with Crippen molar-refractivity contribution in [3.8, 4) is 0 Å². The van der Waals surface area contributed by atoms with Gasteiger partial charge in [-0.05, 0) is 51.9 Å². The first-order valence-electron chi connectivity index (χ1n) is 10.9. The molecule has 7 nitrogen and oxygen atoms in total. The Morgan fingerprint density at radius 3 is 2.67 bits per heavy atom. The van der Waals surface area contributed by atoms with Gasteiger partial charge in [-0.15, -0.1) is 11.3 Å². The van der Waals surface area contributed by atoms with E-state index in [0.29, 0.717) is 24.8 Å². The van der Waals surface area contributed by atoms with Crippen LogP contribution < -0.4 is 5.32 Å². The normalized spacial score (nSPS) is 21.6. The Morgan fingerprint density at radius 1 is 1.13 bits per heavy atom. The van der Waals surface area contributed by atoms with Gasteiger partial charge < -0.3 is 5.32 Å². The molecule has 1 N–H and O–H groups in total. The average Bonchev–Trinajstić information content (AvgIpc) is 3.13. The van der Waals surface area contributed by atoms with E-state index in [2.05, 4.69) is 20.3 Å². The topological polar surface area (TPSA) is 88.1 Å². The molecule has 1 saturated carbocycles. The van der Waals surface area contributed by atoms with Crippen LogP contribution in [0.15, 0.2) is 12.3 Å². The number of anilines is 2. The number of sulfonamides is 1. The molecule has 1 aliphatic heterocycles. The van der Waals surface area contributed by atoms with Gasteiger partial charge in [-0.2, -0.15) is 0 Å². The van der Waals surface area contributed by atoms with Crippen molar-refractivity contribution < 1.29 is 8.42 Å². The fourth-order valence-electron chi connectivity index (χ4n) is 4.61. The van der Waals surface area contributed by atoms with Gasteiger partial charge in [0, 0.05) is 35.9 Å². The molecule has 1 saturated heterocycles. The molecule has 30 heavy (non-hydrogen) atoms. The third-order valence-corrected chi connectivity index (χ3v) is 9.25. The van der Waals surface area contributed by atoms with Crippen molar-refractivity contribution in [1.82, 2.24) is 19.3 Å². The summed E-state index contributed by atoms with van der Waals surface area (Å²) in [6.07, 6.45) is 9.44. The first-order chi connectivity index (χ1) is 14.4. The summed E-state index contributed by atoms with van der Waals surface area (Å²) >= 11 is 1.59. The van der Waals surface area contributed by atoms with E-state index in [1.165, 1.54) is 6.42 Å². The zero-order chi connectivity index (χ0) is 21.1. The number of rotatable bonds is 6. The summed E-state index contributed by atoms with van der Waals surface area (Å²) in [5, 5.41) is 3.91. The molecule has 2 fully saturated rings. The number of hydrogen-bond donors (Lipinski definition) is 1. The van der Waals surface area contributed by atoms with Gasteiger partial charge in [0.2, 0.25) is 10.0 Å². The molecule has 2 aromatic heterocycles. The van der Waals surface area contributed by atoms with Gasteiger partial charge in [0.1, 0.15) is 11.6 Å². The standard InChI is InChI=1S/C21H31N5O2S2/c1-15-13-22-21(29-15)25-20-12-18(23-16(2)24-20)11-17-7-6-10-26(14-17)30(27,28)19-8-4-3-5-9-19/h12-13,17,19H,3-11,14H2,1-2H3,(H,22,23,24,25)/t17-/m1/s1. The monoisotopic (exact) mass is 449 g/mol. The molecule has 0 amide bonds. The largest absolute Gasteiger partial charge is 0.316 e. The molecule has 0 spiro atoms. The number of piperidine rings is 1. The molecule has 3 heterocycles. The second-order valence-electron chi connectivity index (χ2n) is 8.57. The highest BCUT2D eigenvalue weighted by Crippen LogP contribution is 2.30. The van der Waals surface area contributed by atoms with Crippen molar-refractivity contribution in [3.63, 3.8) is 0 Å². The predicted octanol–water partition coefficient (Wildman–Crippen LogP) is 4.21. The molecule has 164 valence electrons. The average molecular weight is 450 g/mol. The zero-order valence-electron chi connectivity index (χ0n) is 17.8. The minimum absolute atomic E-state index is 0.177. The molecular weight excluding hydrogens is 418 g/mol. The highest BCUT2D eigenvalue weighted by atomic mass is 32.2. The van der Waals surface area contributed by atoms with E-state index in [1.54, 1.807) is 15.6 Å². The maximum atomic E-state index is 13.1. The first kappa shape index (κ1) is 21.6. The summed E-state index contributed by atoms with van der Waals surface area (Å²) in [5.41, 5.74) is 0.959. The number of nitrogens with one attached hydrogen (secondary N) is 1. The molecule has 2 aromatic rings. The summed E-state index contributed by atoms with van der Waals surface area (Å²) in [4.78, 5) is 14.6. The Balaban J connectivity index is 1.43. The SMILES string of the molecule is Cc1nc(C[C@H]2CCCN(S(=O)(=O)C3CCCCC3)C2)cc(Nc2ncc(C)s2)n1. The van der Waals surface area contributed by atoms with Crippen LogP contribution in [-0.2, 0) is 16.4 Å². The lowest BCUT2D eigenvalue weighted by molar-refractivity contribution is 0.259. The molecule has 1 aliphatic carbocycles. The van der Waals surface area contributed by atoms with Crippen molar-refractivity contribution in [3.05, 3.63) is 28.7 Å². The molecule has 0 aromatic carbocycles. The van der Waals surface area contributed by atoms with Crippen molar-refractivity contribution in [2.75, 3.05) is 18.4 Å². The fourth-order valence-corrected chi connectivity index (χ4v) is 7.44. The van der Waals surface area contributed by atoms with Crippen LogP contribution in [0.3, 0.4) is 0 Å². The fraction of sp³-hybridized carbons (Fsp3) is 0.667. The van der Waals surface area contributed by atoms with Crippen molar-refractivity contribution in [1.29, 1.82) is 0 Å². The summed E-state index contributed by atoms with van der Waals surface area (Å²) in [5.74, 6) is 1.75. The molecule has 1 atom stereocenters. The maximum Gasteiger partial charge on any atom is 0.216 e. The van der Waals surface area contributed by atoms with Gasteiger partial charge in [0.25, 0.3) is 0 Å². The summed E-state index contributed by atoms with van der Waals surface area (Å²) < 4.78 is 28.0. The Labute approximate surface area is 183 Å². The summed E-state index contributed by atoms with van der Waals surface area (Å²) in [6, 6.07) is 1.97. The van der Waals surface area contributed by atoms with E-state index in [1.807, 2.05) is 26.1 Å². The quantitative estimate of drug-likeness (QED) is 0.711. The Morgan fingerprint density at radius 2 is 1.93 bits per heavy atom. The lowest BCUT2D eigenvalue weighted by Gasteiger charge is -2.35.